The molecule has 4 heterocycles. The first-order valence-corrected chi connectivity index (χ1v) is 10.7. The van der Waals surface area contributed by atoms with Gasteiger partial charge in [0.25, 0.3) is 5.91 Å². The van der Waals surface area contributed by atoms with E-state index in [9.17, 15) is 9.18 Å². The average molecular weight is 433 g/mol. The third-order valence-corrected chi connectivity index (χ3v) is 6.14. The first kappa shape index (κ1) is 20.4. The van der Waals surface area contributed by atoms with E-state index in [1.165, 1.54) is 19.4 Å². The number of hydrogen-bond acceptors (Lipinski definition) is 6. The molecule has 3 aromatic rings. The summed E-state index contributed by atoms with van der Waals surface area (Å²) < 4.78 is 20.1. The summed E-state index contributed by atoms with van der Waals surface area (Å²) in [5, 5.41) is 0. The number of amides is 1. The van der Waals surface area contributed by atoms with Gasteiger partial charge < -0.3 is 15.4 Å². The van der Waals surface area contributed by atoms with Crippen molar-refractivity contribution in [1.82, 2.24) is 9.97 Å². The van der Waals surface area contributed by atoms with Crippen LogP contribution in [0, 0.1) is 5.82 Å². The Kier molecular flexibility index (Phi) is 5.22. The smallest absolute Gasteiger partial charge is 0.260 e. The predicted octanol–water partition coefficient (Wildman–Crippen LogP) is 3.38. The average Bonchev–Trinajstić information content (AvgIpc) is 3.16. The van der Waals surface area contributed by atoms with Crippen molar-refractivity contribution in [2.24, 2.45) is 5.73 Å². The minimum atomic E-state index is -0.445. The SMILES string of the molecule is COc1cccc(F)c1-c1nccc2c1CN(c1cccc(N3CCC(N)CC3)n1)C2=O. The van der Waals surface area contributed by atoms with Gasteiger partial charge in [0.2, 0.25) is 0 Å². The molecule has 2 aromatic heterocycles. The van der Waals surface area contributed by atoms with Crippen molar-refractivity contribution in [1.29, 1.82) is 0 Å². The van der Waals surface area contributed by atoms with E-state index in [4.69, 9.17) is 15.5 Å². The van der Waals surface area contributed by atoms with Crippen LogP contribution in [0.15, 0.2) is 48.7 Å². The number of ether oxygens (including phenoxy) is 1. The number of anilines is 2. The molecule has 1 saturated heterocycles. The zero-order valence-electron chi connectivity index (χ0n) is 17.8. The molecule has 0 aliphatic carbocycles. The fourth-order valence-electron chi connectivity index (χ4n) is 4.40. The molecule has 0 radical (unpaired) electrons. The summed E-state index contributed by atoms with van der Waals surface area (Å²) >= 11 is 0. The lowest BCUT2D eigenvalue weighted by atomic mass is 10.0. The normalized spacial score (nSPS) is 16.4. The van der Waals surface area contributed by atoms with Crippen LogP contribution in [0.25, 0.3) is 11.3 Å². The number of piperidine rings is 1. The van der Waals surface area contributed by atoms with Gasteiger partial charge in [-0.2, -0.15) is 0 Å². The summed E-state index contributed by atoms with van der Waals surface area (Å²) in [7, 11) is 1.49. The number of carbonyl (C=O) groups is 1. The zero-order chi connectivity index (χ0) is 22.2. The highest BCUT2D eigenvalue weighted by molar-refractivity contribution is 6.10. The number of methoxy groups -OCH3 is 1. The molecule has 1 aromatic carbocycles. The molecule has 0 saturated carbocycles. The molecule has 0 bridgehead atoms. The van der Waals surface area contributed by atoms with Crippen LogP contribution in [0.2, 0.25) is 0 Å². The number of rotatable bonds is 4. The molecular formula is C24H24FN5O2. The van der Waals surface area contributed by atoms with Gasteiger partial charge in [-0.1, -0.05) is 12.1 Å². The first-order valence-electron chi connectivity index (χ1n) is 10.7. The number of pyridine rings is 2. The van der Waals surface area contributed by atoms with Crippen LogP contribution in [-0.4, -0.2) is 42.1 Å². The lowest BCUT2D eigenvalue weighted by Gasteiger charge is -2.31. The van der Waals surface area contributed by atoms with E-state index in [0.29, 0.717) is 28.4 Å². The maximum absolute atomic E-state index is 14.7. The highest BCUT2D eigenvalue weighted by Gasteiger charge is 2.33. The van der Waals surface area contributed by atoms with Crippen LogP contribution in [-0.2, 0) is 6.54 Å². The van der Waals surface area contributed by atoms with Gasteiger partial charge in [0.05, 0.1) is 24.9 Å². The second-order valence-electron chi connectivity index (χ2n) is 8.07. The van der Waals surface area contributed by atoms with Crippen molar-refractivity contribution in [3.05, 3.63) is 65.6 Å². The summed E-state index contributed by atoms with van der Waals surface area (Å²) in [5.74, 6) is 1.14. The number of carbonyl (C=O) groups excluding carboxylic acids is 1. The molecular weight excluding hydrogens is 409 g/mol. The topological polar surface area (TPSA) is 84.6 Å². The van der Waals surface area contributed by atoms with Gasteiger partial charge in [-0.25, -0.2) is 9.37 Å². The summed E-state index contributed by atoms with van der Waals surface area (Å²) in [4.78, 5) is 26.2. The van der Waals surface area contributed by atoms with Gasteiger partial charge in [-0.05, 0) is 43.2 Å². The van der Waals surface area contributed by atoms with Crippen LogP contribution < -0.4 is 20.3 Å². The van der Waals surface area contributed by atoms with Gasteiger partial charge in [0.15, 0.2) is 0 Å². The summed E-state index contributed by atoms with van der Waals surface area (Å²) in [5.41, 5.74) is 7.85. The second-order valence-corrected chi connectivity index (χ2v) is 8.07. The van der Waals surface area contributed by atoms with E-state index in [1.54, 1.807) is 23.1 Å². The molecule has 32 heavy (non-hydrogen) atoms. The molecule has 164 valence electrons. The highest BCUT2D eigenvalue weighted by Crippen LogP contribution is 2.38. The van der Waals surface area contributed by atoms with E-state index in [-0.39, 0.29) is 24.1 Å². The molecule has 8 heteroatoms. The fourth-order valence-corrected chi connectivity index (χ4v) is 4.40. The number of nitrogens with zero attached hydrogens (tertiary/aromatic N) is 4. The van der Waals surface area contributed by atoms with Crippen molar-refractivity contribution in [3.8, 4) is 17.0 Å². The van der Waals surface area contributed by atoms with Gasteiger partial charge >= 0.3 is 0 Å². The Balaban J connectivity index is 1.50. The lowest BCUT2D eigenvalue weighted by Crippen LogP contribution is -2.40. The Morgan fingerprint density at radius 2 is 1.84 bits per heavy atom. The van der Waals surface area contributed by atoms with E-state index in [1.807, 2.05) is 18.2 Å². The first-order chi connectivity index (χ1) is 15.6. The van der Waals surface area contributed by atoms with Crippen molar-refractivity contribution in [3.63, 3.8) is 0 Å². The Morgan fingerprint density at radius 3 is 2.62 bits per heavy atom. The van der Waals surface area contributed by atoms with E-state index < -0.39 is 5.82 Å². The Labute approximate surface area is 185 Å². The van der Waals surface area contributed by atoms with Gasteiger partial charge in [-0.15, -0.1) is 0 Å². The van der Waals surface area contributed by atoms with Gasteiger partial charge in [0, 0.05) is 36.5 Å². The standard InChI is InChI=1S/C24H24FN5O2/c1-32-19-5-2-4-18(25)22(19)23-17-14-30(24(31)16(17)8-11-27-23)21-7-3-6-20(28-21)29-12-9-15(26)10-13-29/h2-8,11,15H,9-10,12-14,26H2,1H3. The van der Waals surface area contributed by atoms with Gasteiger partial charge in [-0.3, -0.25) is 14.7 Å². The van der Waals surface area contributed by atoms with Crippen LogP contribution in [0.4, 0.5) is 16.0 Å². The molecule has 2 N–H and O–H groups in total. The van der Waals surface area contributed by atoms with E-state index in [0.717, 1.165) is 31.7 Å². The molecule has 1 amide bonds. The minimum absolute atomic E-state index is 0.177. The summed E-state index contributed by atoms with van der Waals surface area (Å²) in [6.45, 7) is 1.94. The Morgan fingerprint density at radius 1 is 1.09 bits per heavy atom. The number of benzene rings is 1. The molecule has 0 unspecified atom stereocenters. The molecule has 1 fully saturated rings. The predicted molar refractivity (Wildman–Crippen MR) is 120 cm³/mol. The lowest BCUT2D eigenvalue weighted by molar-refractivity contribution is 0.0996. The van der Waals surface area contributed by atoms with Gasteiger partial charge in [0.1, 0.15) is 23.2 Å². The molecule has 2 aliphatic rings. The Bertz CT molecular complexity index is 1180. The number of nitrogens with two attached hydrogens (primary N) is 1. The number of halogens is 1. The van der Waals surface area contributed by atoms with E-state index >= 15 is 0 Å². The van der Waals surface area contributed by atoms with Crippen LogP contribution in [0.5, 0.6) is 5.75 Å². The highest BCUT2D eigenvalue weighted by atomic mass is 19.1. The monoisotopic (exact) mass is 433 g/mol. The van der Waals surface area contributed by atoms with Crippen molar-refractivity contribution in [2.75, 3.05) is 30.0 Å². The van der Waals surface area contributed by atoms with Crippen LogP contribution in [0.3, 0.4) is 0 Å². The molecule has 0 atom stereocenters. The minimum Gasteiger partial charge on any atom is -0.496 e. The Hall–Kier alpha value is -3.52. The van der Waals surface area contributed by atoms with Crippen molar-refractivity contribution < 1.29 is 13.9 Å². The third kappa shape index (κ3) is 3.46. The maximum atomic E-state index is 14.7. The number of aromatic nitrogens is 2. The maximum Gasteiger partial charge on any atom is 0.260 e. The van der Waals surface area contributed by atoms with Crippen molar-refractivity contribution >= 4 is 17.5 Å². The zero-order valence-corrected chi connectivity index (χ0v) is 17.8. The molecule has 2 aliphatic heterocycles. The van der Waals surface area contributed by atoms with Crippen LogP contribution >= 0.6 is 0 Å². The second kappa shape index (κ2) is 8.20. The number of fused-ring (bicyclic) bond motifs is 1. The summed E-state index contributed by atoms with van der Waals surface area (Å²) in [6.07, 6.45) is 3.36. The third-order valence-electron chi connectivity index (χ3n) is 6.14. The largest absolute Gasteiger partial charge is 0.496 e. The molecule has 7 nitrogen and oxygen atoms in total. The van der Waals surface area contributed by atoms with Crippen LogP contribution in [0.1, 0.15) is 28.8 Å². The quantitative estimate of drug-likeness (QED) is 0.679. The fraction of sp³-hybridized carbons (Fsp3) is 0.292. The molecule has 5 rings (SSSR count). The van der Waals surface area contributed by atoms with E-state index in [2.05, 4.69) is 9.88 Å². The number of hydrogen-bond donors (Lipinski definition) is 1. The summed E-state index contributed by atoms with van der Waals surface area (Å²) in [6, 6.07) is 12.2. The van der Waals surface area contributed by atoms with Crippen molar-refractivity contribution in [2.45, 2.75) is 25.4 Å². The molecule has 0 spiro atoms.